The molecule has 4 aromatic rings. The standard InChI is InChI=1S/C26H24FN5OS/c1-17-4-8-19(9-5-17)23-25(30-24(33)20-10-12-21(27)13-11-20)34-26(29-23)31-28-16-18-6-14-22(15-7-18)32(2)3/h4-16H,1-3H3,(H,29,31)(H,30,33)/b28-16-. The van der Waals surface area contributed by atoms with E-state index in [1.807, 2.05) is 74.4 Å². The van der Waals surface area contributed by atoms with E-state index in [4.69, 9.17) is 0 Å². The van der Waals surface area contributed by atoms with Gasteiger partial charge in [0.2, 0.25) is 5.13 Å². The molecule has 0 fully saturated rings. The minimum absolute atomic E-state index is 0.340. The van der Waals surface area contributed by atoms with E-state index in [-0.39, 0.29) is 5.91 Å². The number of nitrogens with zero attached hydrogens (tertiary/aromatic N) is 3. The lowest BCUT2D eigenvalue weighted by molar-refractivity contribution is 0.102. The lowest BCUT2D eigenvalue weighted by atomic mass is 10.1. The zero-order chi connectivity index (χ0) is 24.1. The number of benzene rings is 3. The summed E-state index contributed by atoms with van der Waals surface area (Å²) in [6.45, 7) is 2.01. The second-order valence-electron chi connectivity index (χ2n) is 7.88. The number of hydrogen-bond donors (Lipinski definition) is 2. The molecule has 0 unspecified atom stereocenters. The van der Waals surface area contributed by atoms with Crippen molar-refractivity contribution in [2.24, 2.45) is 5.10 Å². The summed E-state index contributed by atoms with van der Waals surface area (Å²) in [6.07, 6.45) is 1.71. The number of aryl methyl sites for hydroxylation is 1. The summed E-state index contributed by atoms with van der Waals surface area (Å²) >= 11 is 1.28. The topological polar surface area (TPSA) is 69.6 Å². The molecule has 0 saturated carbocycles. The van der Waals surface area contributed by atoms with Crippen molar-refractivity contribution in [1.29, 1.82) is 0 Å². The van der Waals surface area contributed by atoms with Gasteiger partial charge in [-0.2, -0.15) is 5.10 Å². The fraction of sp³-hybridized carbons (Fsp3) is 0.115. The van der Waals surface area contributed by atoms with Gasteiger partial charge in [-0.1, -0.05) is 53.3 Å². The molecular formula is C26H24FN5OS. The van der Waals surface area contributed by atoms with Crippen LogP contribution in [0.25, 0.3) is 11.3 Å². The molecule has 0 aliphatic carbocycles. The van der Waals surface area contributed by atoms with E-state index in [2.05, 4.69) is 20.8 Å². The molecule has 172 valence electrons. The van der Waals surface area contributed by atoms with Crippen LogP contribution in [0.3, 0.4) is 0 Å². The van der Waals surface area contributed by atoms with E-state index < -0.39 is 5.82 Å². The highest BCUT2D eigenvalue weighted by Gasteiger charge is 2.16. The highest BCUT2D eigenvalue weighted by atomic mass is 32.1. The zero-order valence-electron chi connectivity index (χ0n) is 19.0. The first-order valence-corrected chi connectivity index (χ1v) is 11.4. The third-order valence-corrected chi connectivity index (χ3v) is 5.94. The van der Waals surface area contributed by atoms with Crippen molar-refractivity contribution in [3.8, 4) is 11.3 Å². The Morgan fingerprint density at radius 1 is 1.00 bits per heavy atom. The average Bonchev–Trinajstić information content (AvgIpc) is 3.22. The van der Waals surface area contributed by atoms with E-state index in [1.165, 1.54) is 35.6 Å². The molecule has 0 aliphatic heterocycles. The monoisotopic (exact) mass is 473 g/mol. The average molecular weight is 474 g/mol. The van der Waals surface area contributed by atoms with E-state index in [0.717, 1.165) is 22.4 Å². The van der Waals surface area contributed by atoms with Crippen LogP contribution in [0, 0.1) is 12.7 Å². The van der Waals surface area contributed by atoms with E-state index >= 15 is 0 Å². The highest BCUT2D eigenvalue weighted by Crippen LogP contribution is 2.36. The third kappa shape index (κ3) is 5.65. The molecule has 0 spiro atoms. The van der Waals surface area contributed by atoms with Gasteiger partial charge in [0.25, 0.3) is 5.91 Å². The van der Waals surface area contributed by atoms with Crippen LogP contribution in [0.5, 0.6) is 0 Å². The maximum Gasteiger partial charge on any atom is 0.256 e. The number of nitrogens with one attached hydrogen (secondary N) is 2. The number of halogens is 1. The molecule has 1 aromatic heterocycles. The molecule has 1 amide bonds. The van der Waals surface area contributed by atoms with Crippen molar-refractivity contribution >= 4 is 39.3 Å². The van der Waals surface area contributed by atoms with Crippen molar-refractivity contribution in [3.05, 3.63) is 95.3 Å². The van der Waals surface area contributed by atoms with Gasteiger partial charge in [0.15, 0.2) is 0 Å². The van der Waals surface area contributed by atoms with Crippen LogP contribution in [0.15, 0.2) is 77.9 Å². The highest BCUT2D eigenvalue weighted by molar-refractivity contribution is 7.20. The Morgan fingerprint density at radius 3 is 2.32 bits per heavy atom. The normalized spacial score (nSPS) is 10.9. The summed E-state index contributed by atoms with van der Waals surface area (Å²) < 4.78 is 13.2. The molecule has 0 atom stereocenters. The molecule has 34 heavy (non-hydrogen) atoms. The fourth-order valence-electron chi connectivity index (χ4n) is 3.16. The number of hydrogen-bond acceptors (Lipinski definition) is 6. The molecule has 4 rings (SSSR count). The van der Waals surface area contributed by atoms with Gasteiger partial charge in [0, 0.05) is 30.9 Å². The van der Waals surface area contributed by atoms with Crippen molar-refractivity contribution in [3.63, 3.8) is 0 Å². The lowest BCUT2D eigenvalue weighted by Crippen LogP contribution is -2.11. The van der Waals surface area contributed by atoms with Gasteiger partial charge in [-0.05, 0) is 48.9 Å². The summed E-state index contributed by atoms with van der Waals surface area (Å²) in [4.78, 5) is 19.4. The molecule has 2 N–H and O–H groups in total. The second kappa shape index (κ2) is 10.3. The van der Waals surface area contributed by atoms with Gasteiger partial charge in [-0.15, -0.1) is 0 Å². The number of rotatable bonds is 7. The number of anilines is 3. The van der Waals surface area contributed by atoms with Crippen molar-refractivity contribution < 1.29 is 9.18 Å². The molecule has 3 aromatic carbocycles. The number of amides is 1. The lowest BCUT2D eigenvalue weighted by Gasteiger charge is -2.11. The first-order chi connectivity index (χ1) is 16.4. The van der Waals surface area contributed by atoms with Gasteiger partial charge in [-0.3, -0.25) is 10.2 Å². The molecule has 0 bridgehead atoms. The van der Waals surface area contributed by atoms with E-state index in [1.54, 1.807) is 6.21 Å². The molecule has 8 heteroatoms. The Bertz CT molecular complexity index is 1300. The van der Waals surface area contributed by atoms with E-state index in [0.29, 0.717) is 21.4 Å². The third-order valence-electron chi connectivity index (χ3n) is 5.07. The Hall–Kier alpha value is -4.04. The van der Waals surface area contributed by atoms with Gasteiger partial charge in [0.05, 0.1) is 6.21 Å². The predicted octanol–water partition coefficient (Wildman–Crippen LogP) is 6.02. The van der Waals surface area contributed by atoms with Crippen LogP contribution in [0.4, 0.5) is 20.2 Å². The number of carbonyl (C=O) groups excluding carboxylic acids is 1. The number of hydrazone groups is 1. The summed E-state index contributed by atoms with van der Waals surface area (Å²) in [6, 6.07) is 21.3. The van der Waals surface area contributed by atoms with Crippen LogP contribution in [-0.4, -0.2) is 31.2 Å². The van der Waals surface area contributed by atoms with Crippen LogP contribution in [-0.2, 0) is 0 Å². The summed E-state index contributed by atoms with van der Waals surface area (Å²) in [5.74, 6) is -0.733. The molecule has 0 saturated heterocycles. The Labute approximate surface area is 201 Å². The van der Waals surface area contributed by atoms with Gasteiger partial charge in [-0.25, -0.2) is 9.37 Å². The van der Waals surface area contributed by atoms with Gasteiger partial charge < -0.3 is 10.2 Å². The molecule has 1 heterocycles. The van der Waals surface area contributed by atoms with Crippen LogP contribution in [0.2, 0.25) is 0 Å². The van der Waals surface area contributed by atoms with Crippen LogP contribution in [0.1, 0.15) is 21.5 Å². The van der Waals surface area contributed by atoms with Crippen LogP contribution < -0.4 is 15.6 Å². The minimum Gasteiger partial charge on any atom is -0.378 e. The Morgan fingerprint density at radius 2 is 1.68 bits per heavy atom. The first kappa shape index (κ1) is 23.1. The first-order valence-electron chi connectivity index (χ1n) is 10.6. The second-order valence-corrected chi connectivity index (χ2v) is 8.88. The quantitative estimate of drug-likeness (QED) is 0.254. The molecule has 0 aliphatic rings. The maximum atomic E-state index is 13.2. The molecular weight excluding hydrogens is 449 g/mol. The minimum atomic E-state index is -0.393. The Kier molecular flexibility index (Phi) is 6.98. The SMILES string of the molecule is Cc1ccc(-c2nc(N/N=C\c3ccc(N(C)C)cc3)sc2NC(=O)c2ccc(F)cc2)cc1. The summed E-state index contributed by atoms with van der Waals surface area (Å²) in [5.41, 5.74) is 7.99. The van der Waals surface area contributed by atoms with Gasteiger partial charge in [0.1, 0.15) is 16.5 Å². The number of thiazole rings is 1. The van der Waals surface area contributed by atoms with E-state index in [9.17, 15) is 9.18 Å². The number of aromatic nitrogens is 1. The van der Waals surface area contributed by atoms with Crippen molar-refractivity contribution in [2.45, 2.75) is 6.92 Å². The van der Waals surface area contributed by atoms with Crippen LogP contribution >= 0.6 is 11.3 Å². The zero-order valence-corrected chi connectivity index (χ0v) is 19.9. The largest absolute Gasteiger partial charge is 0.378 e. The summed E-state index contributed by atoms with van der Waals surface area (Å²) in [7, 11) is 3.98. The van der Waals surface area contributed by atoms with Crippen molar-refractivity contribution in [1.82, 2.24) is 4.98 Å². The maximum absolute atomic E-state index is 13.2. The Balaban J connectivity index is 1.56. The van der Waals surface area contributed by atoms with Crippen molar-refractivity contribution in [2.75, 3.05) is 29.7 Å². The summed E-state index contributed by atoms with van der Waals surface area (Å²) in [5, 5.41) is 8.31. The number of carbonyl (C=O) groups is 1. The predicted molar refractivity (Wildman–Crippen MR) is 139 cm³/mol. The molecule has 0 radical (unpaired) electrons. The van der Waals surface area contributed by atoms with Gasteiger partial charge >= 0.3 is 0 Å². The fourth-order valence-corrected chi connectivity index (χ4v) is 3.99. The smallest absolute Gasteiger partial charge is 0.256 e. The molecule has 6 nitrogen and oxygen atoms in total.